The number of carbonyl (C=O) groups is 1. The number of amides is 1. The van der Waals surface area contributed by atoms with Crippen LogP contribution in [0, 0.1) is 5.82 Å². The van der Waals surface area contributed by atoms with Crippen LogP contribution in [-0.2, 0) is 4.79 Å². The number of carbonyl (C=O) groups excluding carboxylic acids is 1. The van der Waals surface area contributed by atoms with E-state index in [-0.39, 0.29) is 18.3 Å². The molecule has 18 heavy (non-hydrogen) atoms. The maximum absolute atomic E-state index is 12.7. The molecule has 1 fully saturated rings. The van der Waals surface area contributed by atoms with Crippen LogP contribution in [0.5, 0.6) is 5.75 Å². The van der Waals surface area contributed by atoms with Crippen molar-refractivity contribution in [2.24, 2.45) is 0 Å². The van der Waals surface area contributed by atoms with Gasteiger partial charge >= 0.3 is 0 Å². The van der Waals surface area contributed by atoms with Gasteiger partial charge in [-0.25, -0.2) is 4.39 Å². The van der Waals surface area contributed by atoms with E-state index in [0.717, 1.165) is 25.8 Å². The first-order valence-electron chi connectivity index (χ1n) is 6.38. The number of hydrogen-bond donors (Lipinski definition) is 0. The van der Waals surface area contributed by atoms with Crippen molar-refractivity contribution >= 4 is 5.91 Å². The van der Waals surface area contributed by atoms with Gasteiger partial charge in [0.2, 0.25) is 0 Å². The summed E-state index contributed by atoms with van der Waals surface area (Å²) in [5.74, 6) is 0.236. The van der Waals surface area contributed by atoms with Crippen molar-refractivity contribution in [3.63, 3.8) is 0 Å². The SMILES string of the molecule is CCC1CCCN1C(=O)COc1ccc(F)cc1. The van der Waals surface area contributed by atoms with Crippen LogP contribution in [0.15, 0.2) is 24.3 Å². The summed E-state index contributed by atoms with van der Waals surface area (Å²) in [5, 5.41) is 0. The molecule has 0 aromatic heterocycles. The van der Waals surface area contributed by atoms with Crippen LogP contribution in [0.1, 0.15) is 26.2 Å². The Morgan fingerprint density at radius 3 is 2.83 bits per heavy atom. The molecular formula is C14H18FNO2. The van der Waals surface area contributed by atoms with Gasteiger partial charge in [0.1, 0.15) is 11.6 Å². The summed E-state index contributed by atoms with van der Waals surface area (Å²) in [5.41, 5.74) is 0. The molecular weight excluding hydrogens is 233 g/mol. The minimum Gasteiger partial charge on any atom is -0.484 e. The molecule has 1 saturated heterocycles. The van der Waals surface area contributed by atoms with Crippen LogP contribution in [0.4, 0.5) is 4.39 Å². The van der Waals surface area contributed by atoms with Gasteiger partial charge in [0.25, 0.3) is 5.91 Å². The van der Waals surface area contributed by atoms with Gasteiger partial charge in [-0.05, 0) is 43.5 Å². The smallest absolute Gasteiger partial charge is 0.260 e. The molecule has 1 aliphatic rings. The van der Waals surface area contributed by atoms with Crippen LogP contribution < -0.4 is 4.74 Å². The van der Waals surface area contributed by atoms with E-state index in [0.29, 0.717) is 11.8 Å². The van der Waals surface area contributed by atoms with Gasteiger partial charge < -0.3 is 9.64 Å². The molecule has 3 nitrogen and oxygen atoms in total. The molecule has 0 bridgehead atoms. The lowest BCUT2D eigenvalue weighted by Gasteiger charge is -2.23. The summed E-state index contributed by atoms with van der Waals surface area (Å²) in [6.45, 7) is 2.95. The van der Waals surface area contributed by atoms with Crippen molar-refractivity contribution < 1.29 is 13.9 Å². The fourth-order valence-electron chi connectivity index (χ4n) is 2.35. The second kappa shape index (κ2) is 5.85. The Hall–Kier alpha value is -1.58. The molecule has 1 aromatic carbocycles. The quantitative estimate of drug-likeness (QED) is 0.823. The topological polar surface area (TPSA) is 29.5 Å². The van der Waals surface area contributed by atoms with E-state index >= 15 is 0 Å². The molecule has 4 heteroatoms. The lowest BCUT2D eigenvalue weighted by Crippen LogP contribution is -2.38. The maximum Gasteiger partial charge on any atom is 0.260 e. The zero-order valence-electron chi connectivity index (χ0n) is 10.6. The van der Waals surface area contributed by atoms with Crippen LogP contribution in [0.2, 0.25) is 0 Å². The molecule has 1 atom stereocenters. The van der Waals surface area contributed by atoms with Crippen LogP contribution >= 0.6 is 0 Å². The minimum absolute atomic E-state index is 0.0173. The van der Waals surface area contributed by atoms with E-state index < -0.39 is 0 Å². The van der Waals surface area contributed by atoms with Gasteiger partial charge in [-0.3, -0.25) is 4.79 Å². The van der Waals surface area contributed by atoms with Crippen molar-refractivity contribution in [2.75, 3.05) is 13.2 Å². The molecule has 98 valence electrons. The minimum atomic E-state index is -0.306. The lowest BCUT2D eigenvalue weighted by molar-refractivity contribution is -0.134. The molecule has 0 spiro atoms. The predicted molar refractivity (Wildman–Crippen MR) is 66.9 cm³/mol. The zero-order valence-corrected chi connectivity index (χ0v) is 10.6. The first-order chi connectivity index (χ1) is 8.70. The third kappa shape index (κ3) is 3.00. The predicted octanol–water partition coefficient (Wildman–Crippen LogP) is 2.61. The highest BCUT2D eigenvalue weighted by molar-refractivity contribution is 5.78. The Balaban J connectivity index is 1.86. The molecule has 1 aliphatic heterocycles. The van der Waals surface area contributed by atoms with Gasteiger partial charge in [-0.1, -0.05) is 6.92 Å². The van der Waals surface area contributed by atoms with Gasteiger partial charge in [0, 0.05) is 12.6 Å². The third-order valence-electron chi connectivity index (χ3n) is 3.34. The number of likely N-dealkylation sites (tertiary alicyclic amines) is 1. The highest BCUT2D eigenvalue weighted by Gasteiger charge is 2.27. The number of halogens is 1. The van der Waals surface area contributed by atoms with Crippen LogP contribution in [0.25, 0.3) is 0 Å². The average Bonchev–Trinajstić information content (AvgIpc) is 2.86. The second-order valence-corrected chi connectivity index (χ2v) is 4.53. The second-order valence-electron chi connectivity index (χ2n) is 4.53. The summed E-state index contributed by atoms with van der Waals surface area (Å²) in [7, 11) is 0. The summed E-state index contributed by atoms with van der Waals surface area (Å²) in [4.78, 5) is 13.9. The number of ether oxygens (including phenoxy) is 1. The van der Waals surface area contributed by atoms with E-state index in [1.54, 1.807) is 0 Å². The number of hydrogen-bond acceptors (Lipinski definition) is 2. The summed E-state index contributed by atoms with van der Waals surface area (Å²) < 4.78 is 18.1. The van der Waals surface area contributed by atoms with Crippen molar-refractivity contribution in [1.82, 2.24) is 4.90 Å². The average molecular weight is 251 g/mol. The van der Waals surface area contributed by atoms with Crippen molar-refractivity contribution in [3.05, 3.63) is 30.1 Å². The van der Waals surface area contributed by atoms with Gasteiger partial charge in [0.05, 0.1) is 0 Å². The molecule has 1 unspecified atom stereocenters. The molecule has 2 rings (SSSR count). The molecule has 1 aromatic rings. The molecule has 0 saturated carbocycles. The van der Waals surface area contributed by atoms with E-state index in [9.17, 15) is 9.18 Å². The third-order valence-corrected chi connectivity index (χ3v) is 3.34. The van der Waals surface area contributed by atoms with Crippen LogP contribution in [-0.4, -0.2) is 30.0 Å². The normalized spacial score (nSPS) is 19.0. The summed E-state index contributed by atoms with van der Waals surface area (Å²) >= 11 is 0. The molecule has 1 heterocycles. The lowest BCUT2D eigenvalue weighted by atomic mass is 10.2. The monoisotopic (exact) mass is 251 g/mol. The Morgan fingerprint density at radius 2 is 2.17 bits per heavy atom. The van der Waals surface area contributed by atoms with E-state index in [1.165, 1.54) is 24.3 Å². The first kappa shape index (κ1) is 12.9. The molecule has 0 aliphatic carbocycles. The van der Waals surface area contributed by atoms with E-state index in [1.807, 2.05) is 4.90 Å². The van der Waals surface area contributed by atoms with Crippen molar-refractivity contribution in [3.8, 4) is 5.75 Å². The molecule has 0 radical (unpaired) electrons. The fourth-order valence-corrected chi connectivity index (χ4v) is 2.35. The van der Waals surface area contributed by atoms with Crippen molar-refractivity contribution in [2.45, 2.75) is 32.2 Å². The first-order valence-corrected chi connectivity index (χ1v) is 6.38. The molecule has 1 amide bonds. The van der Waals surface area contributed by atoms with E-state index in [4.69, 9.17) is 4.74 Å². The van der Waals surface area contributed by atoms with Gasteiger partial charge in [-0.15, -0.1) is 0 Å². The largest absolute Gasteiger partial charge is 0.484 e. The highest BCUT2D eigenvalue weighted by atomic mass is 19.1. The number of rotatable bonds is 4. The van der Waals surface area contributed by atoms with Crippen molar-refractivity contribution in [1.29, 1.82) is 0 Å². The Kier molecular flexibility index (Phi) is 4.18. The number of benzene rings is 1. The standard InChI is InChI=1S/C14H18FNO2/c1-2-12-4-3-9-16(12)14(17)10-18-13-7-5-11(15)6-8-13/h5-8,12H,2-4,9-10H2,1H3. The fraction of sp³-hybridized carbons (Fsp3) is 0.500. The summed E-state index contributed by atoms with van der Waals surface area (Å²) in [6.07, 6.45) is 3.14. The van der Waals surface area contributed by atoms with Gasteiger partial charge in [-0.2, -0.15) is 0 Å². The Labute approximate surface area is 107 Å². The molecule has 0 N–H and O–H groups in total. The Bertz CT molecular complexity index is 405. The Morgan fingerprint density at radius 1 is 1.44 bits per heavy atom. The van der Waals surface area contributed by atoms with E-state index in [2.05, 4.69) is 6.92 Å². The number of nitrogens with zero attached hydrogens (tertiary/aromatic N) is 1. The van der Waals surface area contributed by atoms with Crippen LogP contribution in [0.3, 0.4) is 0 Å². The highest BCUT2D eigenvalue weighted by Crippen LogP contribution is 2.20. The van der Waals surface area contributed by atoms with Gasteiger partial charge in [0.15, 0.2) is 6.61 Å². The maximum atomic E-state index is 12.7. The summed E-state index contributed by atoms with van der Waals surface area (Å²) in [6, 6.07) is 6.07. The zero-order chi connectivity index (χ0) is 13.0.